The van der Waals surface area contributed by atoms with Crippen LogP contribution in [0.2, 0.25) is 10.0 Å². The van der Waals surface area contributed by atoms with Crippen molar-refractivity contribution >= 4 is 140 Å². The average molecular weight is 2130 g/mol. The maximum absolute atomic E-state index is 15.4. The summed E-state index contributed by atoms with van der Waals surface area (Å²) < 4.78 is 17.8. The number of Topliss-reactive ketones (excluding diaryl/α,β-unsaturated/α-hetero) is 5. The Morgan fingerprint density at radius 1 is 0.560 bits per heavy atom. The first-order chi connectivity index (χ1) is 71.7. The van der Waals surface area contributed by atoms with E-state index in [0.717, 1.165) is 11.1 Å². The summed E-state index contributed by atoms with van der Waals surface area (Å²) in [4.78, 5) is 236. The van der Waals surface area contributed by atoms with E-state index in [9.17, 15) is 78.6 Å². The number of imidazole rings is 2. The molecule has 0 spiro atoms. The number of thioether (sulfide) groups is 1. The maximum atomic E-state index is 15.4. The fourth-order valence-electron chi connectivity index (χ4n) is 17.2. The molecule has 9 amide bonds. The van der Waals surface area contributed by atoms with Crippen LogP contribution in [0.5, 0.6) is 29.3 Å². The number of nitrogens with one attached hydrogen (secondary N) is 9. The first-order valence-electron chi connectivity index (χ1n) is 49.4. The van der Waals surface area contributed by atoms with E-state index in [2.05, 4.69) is 67.5 Å². The van der Waals surface area contributed by atoms with E-state index in [1.165, 1.54) is 96.4 Å². The smallest absolute Gasteiger partial charge is 0.320 e. The highest BCUT2D eigenvalue weighted by molar-refractivity contribution is 7.99. The summed E-state index contributed by atoms with van der Waals surface area (Å²) in [5.41, 5.74) is 16.5. The molecule has 9 aromatic rings. The average Bonchev–Trinajstić information content (AvgIpc) is 1.63. The minimum atomic E-state index is -1.75. The molecule has 41 nitrogen and oxygen atoms in total. The van der Waals surface area contributed by atoms with Gasteiger partial charge in [-0.15, -0.1) is 0 Å². The number of hydrogen-bond acceptors (Lipinski definition) is 30. The number of aliphatic carboxylic acids is 1. The second kappa shape index (κ2) is 58.0. The molecular formula is C106H131Cl2N17O24S. The van der Waals surface area contributed by atoms with Crippen molar-refractivity contribution in [3.63, 3.8) is 0 Å². The second-order valence-corrected chi connectivity index (χ2v) is 39.6. The number of phenols is 2. The lowest BCUT2D eigenvalue weighted by atomic mass is 9.85. The lowest BCUT2D eigenvalue weighted by molar-refractivity contribution is -0.145. The zero-order valence-corrected chi connectivity index (χ0v) is 86.7. The Hall–Kier alpha value is -14.3. The highest BCUT2D eigenvalue weighted by Crippen LogP contribution is 2.38. The highest BCUT2D eigenvalue weighted by atomic mass is 35.5. The van der Waals surface area contributed by atoms with Crippen LogP contribution in [0.15, 0.2) is 158 Å². The molecule has 44 heteroatoms. The Bertz CT molecular complexity index is 6130. The SMILES string of the molecule is CCC(CSC[C@H](CC(=O)[C@H](Cc1ccc(O)cc1)NC(=O)C1CCCN1C(=O)[C@@H](CC(=O)[C@H](Cc1ccccc1)NC(=O)[C@@H](CC(=O)[C@H](Cc1c[nH]cn1)NC(=O)[C@H](CO)CC(=O)[C@H](CO)NC(=O)[C@H](CC(C)C)NC(=O)[C@H](Cc1ccc(O)cc1)NC(=O)[C@@H](N)CCC(=O)O)Cc1ccccc1)C(C)C)C(=O)NC)C(=O)c1ccc(OCC(=O)NCc2ccc(Cn3c(O)nc4c(N)nc(OCCOC)nc43)cc2)c(Cl)c1Cl. The number of likely N-dealkylation sites (tertiary alicyclic amines) is 1. The van der Waals surface area contributed by atoms with Crippen molar-refractivity contribution in [3.8, 4) is 29.3 Å². The summed E-state index contributed by atoms with van der Waals surface area (Å²) in [7, 11) is 2.93. The number of amides is 9. The van der Waals surface area contributed by atoms with E-state index in [1.54, 1.807) is 132 Å². The lowest BCUT2D eigenvalue weighted by Gasteiger charge is -2.32. The maximum Gasteiger partial charge on any atom is 0.320 e. The molecule has 4 heterocycles. The number of aliphatic hydroxyl groups is 2. The molecule has 150 heavy (non-hydrogen) atoms. The molecule has 0 aliphatic carbocycles. The fourth-order valence-corrected chi connectivity index (χ4v) is 19.0. The van der Waals surface area contributed by atoms with Gasteiger partial charge in [-0.1, -0.05) is 167 Å². The van der Waals surface area contributed by atoms with Gasteiger partial charge in [-0.3, -0.25) is 76.5 Å². The van der Waals surface area contributed by atoms with Gasteiger partial charge in [0.15, 0.2) is 52.5 Å². The normalized spacial score (nSPS) is 14.8. The van der Waals surface area contributed by atoms with Crippen molar-refractivity contribution in [2.75, 3.05) is 71.0 Å². The van der Waals surface area contributed by atoms with E-state index in [0.29, 0.717) is 35.1 Å². The number of aliphatic hydroxyl groups excluding tert-OH is 2. The molecule has 1 aliphatic heterocycles. The van der Waals surface area contributed by atoms with Gasteiger partial charge in [-0.05, 0) is 133 Å². The standard InChI is InChI=1S/C106H131Cl2N17O24S/c1-8-67(94(137)74-33-35-88(92(108)91(74)107)149-55-89(134)113-50-65-21-23-66(24-22-65)52-125-96-93(121-106(125)146)95(110)122-105(123-96)148-39-38-147-7)56-150-57-70(97(138)111-6)47-85(131)77(43-63-25-29-72(128)30-26-63)117-103(144)83-20-15-37-124(83)104(145)75(60(4)5)49-87(133)78(42-62-18-13-10-14-19-62)115-98(139)68(41-61-16-11-9-12-17-61)45-84(130)79(48-71-51-112-58-114-71)116-99(140)69(53-126)46-86(132)82(54-127)120-101(142)80(40-59(2)3)119-102(143)81(44-64-27-31-73(129)32-28-64)118-100(141)76(109)34-36-90(135)136/h9-14,16-19,21-33,35,51,58-60,67-70,75-83,126-129H,8,15,20,34,36-50,52-57,109H2,1-7H3,(H,111,138)(H,112,114)(H,113,134)(H,115,139)(H,116,140)(H,117,144)(H,118,141)(H,119,143)(H,120,142)(H,121,146)(H,135,136)(H2,110,122,123)/t67?,68-,69+,70+,75+,76+,77+,78+,79+,80+,81+,82+,83?/m1/s1. The van der Waals surface area contributed by atoms with Gasteiger partial charge < -0.3 is 109 Å². The molecule has 10 rings (SSSR count). The van der Waals surface area contributed by atoms with Crippen LogP contribution in [0.3, 0.4) is 0 Å². The zero-order chi connectivity index (χ0) is 109. The van der Waals surface area contributed by atoms with Crippen molar-refractivity contribution in [2.45, 2.75) is 192 Å². The molecule has 0 saturated carbocycles. The Balaban J connectivity index is 0.769. The van der Waals surface area contributed by atoms with E-state index in [-0.39, 0.29) is 175 Å². The number of nitrogens with zero attached hydrogens (tertiary/aromatic N) is 6. The number of fused-ring (bicyclic) bond motifs is 1. The van der Waals surface area contributed by atoms with Gasteiger partial charge in [0.2, 0.25) is 47.3 Å². The number of carboxylic acids is 1. The summed E-state index contributed by atoms with van der Waals surface area (Å²) in [5, 5.41) is 82.9. The third kappa shape index (κ3) is 34.9. The number of ether oxygens (including phenoxy) is 3. The van der Waals surface area contributed by atoms with Crippen LogP contribution in [-0.4, -0.2) is 267 Å². The van der Waals surface area contributed by atoms with Crippen molar-refractivity contribution in [3.05, 3.63) is 213 Å². The number of anilines is 1. The molecule has 1 aliphatic rings. The van der Waals surface area contributed by atoms with E-state index >= 15 is 24.0 Å². The molecule has 2 unspecified atom stereocenters. The number of phenolic OH excluding ortho intramolecular Hbond substituents is 2. The largest absolute Gasteiger partial charge is 0.508 e. The number of benzene rings is 6. The van der Waals surface area contributed by atoms with Gasteiger partial charge in [-0.2, -0.15) is 26.7 Å². The molecule has 1 saturated heterocycles. The number of carbonyl (C=O) groups excluding carboxylic acids is 14. The van der Waals surface area contributed by atoms with Gasteiger partial charge in [-0.25, -0.2) is 4.98 Å². The van der Waals surface area contributed by atoms with E-state index < -0.39 is 218 Å². The quantitative estimate of drug-likeness (QED) is 0.0147. The van der Waals surface area contributed by atoms with Crippen molar-refractivity contribution in [2.24, 2.45) is 47.2 Å². The molecule has 3 aromatic heterocycles. The molecule has 0 radical (unpaired) electrons. The van der Waals surface area contributed by atoms with E-state index in [1.807, 2.05) is 0 Å². The van der Waals surface area contributed by atoms with Crippen LogP contribution in [-0.2, 0) is 117 Å². The van der Waals surface area contributed by atoms with Gasteiger partial charge in [0.1, 0.15) is 53.0 Å². The molecule has 804 valence electrons. The van der Waals surface area contributed by atoms with Crippen molar-refractivity contribution in [1.29, 1.82) is 0 Å². The number of methoxy groups -OCH3 is 1. The zero-order valence-electron chi connectivity index (χ0n) is 84.4. The van der Waals surface area contributed by atoms with Crippen molar-refractivity contribution < 1.29 is 117 Å². The van der Waals surface area contributed by atoms with Crippen LogP contribution >= 0.6 is 35.0 Å². The first kappa shape index (κ1) is 118. The van der Waals surface area contributed by atoms with Crippen LogP contribution in [0, 0.1) is 41.4 Å². The van der Waals surface area contributed by atoms with Crippen LogP contribution in [0.1, 0.15) is 148 Å². The number of H-pyrrole nitrogens is 1. The second-order valence-electron chi connectivity index (χ2n) is 37.7. The number of carboxylic acid groups (broad SMARTS) is 1. The van der Waals surface area contributed by atoms with Gasteiger partial charge in [0, 0.05) is 113 Å². The van der Waals surface area contributed by atoms with Crippen molar-refractivity contribution in [1.82, 2.24) is 76.9 Å². The topological polar surface area (TPSA) is 629 Å². The van der Waals surface area contributed by atoms with Crippen LogP contribution in [0.25, 0.3) is 11.2 Å². The summed E-state index contributed by atoms with van der Waals surface area (Å²) in [6, 6.07) is 27.3. The Morgan fingerprint density at radius 3 is 1.69 bits per heavy atom. The molecular weight excluding hydrogens is 2000 g/mol. The highest BCUT2D eigenvalue weighted by Gasteiger charge is 2.43. The Kier molecular flexibility index (Phi) is 45.5. The molecule has 19 N–H and O–H groups in total. The fraction of sp³-hybridized carbons (Fsp3) is 0.443. The summed E-state index contributed by atoms with van der Waals surface area (Å²) in [6.45, 7) is 6.98. The number of nitrogen functional groups attached to an aromatic ring is 1. The number of ketones is 5. The van der Waals surface area contributed by atoms with Gasteiger partial charge >= 0.3 is 12.0 Å². The third-order valence-corrected chi connectivity index (χ3v) is 27.9. The number of carbonyl (C=O) groups is 15. The van der Waals surface area contributed by atoms with E-state index in [4.69, 9.17) is 48.9 Å². The van der Waals surface area contributed by atoms with Crippen LogP contribution in [0.4, 0.5) is 5.82 Å². The molecule has 13 atom stereocenters. The molecule has 1 fully saturated rings. The summed E-state index contributed by atoms with van der Waals surface area (Å²) >= 11 is 14.8. The minimum absolute atomic E-state index is 0.0107. The number of nitrogens with two attached hydrogens (primary N) is 2. The number of aromatic amines is 1. The Morgan fingerprint density at radius 2 is 1.10 bits per heavy atom. The molecule has 6 aromatic carbocycles. The summed E-state index contributed by atoms with van der Waals surface area (Å²) in [5.74, 6) is -17.9. The minimum Gasteiger partial charge on any atom is -0.508 e. The molecule has 0 bridgehead atoms. The number of aromatic nitrogens is 6. The number of aromatic hydroxyl groups is 3. The third-order valence-electron chi connectivity index (χ3n) is 25.7. The Labute approximate surface area is 881 Å². The predicted octanol–water partition coefficient (Wildman–Crippen LogP) is 6.31. The lowest BCUT2D eigenvalue weighted by Crippen LogP contribution is -2.58. The predicted molar refractivity (Wildman–Crippen MR) is 556 cm³/mol. The number of hydrogen-bond donors (Lipinski definition) is 17. The first-order valence-corrected chi connectivity index (χ1v) is 51.3. The van der Waals surface area contributed by atoms with Gasteiger partial charge in [0.25, 0.3) is 11.9 Å². The van der Waals surface area contributed by atoms with Crippen LogP contribution < -0.4 is 63.5 Å². The number of rotatable bonds is 62. The monoisotopic (exact) mass is 2130 g/mol. The van der Waals surface area contributed by atoms with Gasteiger partial charge in [0.05, 0.1) is 79.4 Å². The number of halogens is 2. The summed E-state index contributed by atoms with van der Waals surface area (Å²) in [6.07, 6.45) is -0.344.